The lowest BCUT2D eigenvalue weighted by Gasteiger charge is -2.09. The monoisotopic (exact) mass is 277 g/mol. The lowest BCUT2D eigenvalue weighted by molar-refractivity contribution is 0.0699. The molecule has 98 valence electrons. The molecular weight excluding hydrogens is 266 g/mol. The van der Waals surface area contributed by atoms with Gasteiger partial charge in [0.2, 0.25) is 0 Å². The molecule has 0 radical (unpaired) electrons. The Labute approximate surface area is 115 Å². The first kappa shape index (κ1) is 12.2. The Balaban J connectivity index is 2.30. The molecule has 0 aliphatic heterocycles. The van der Waals surface area contributed by atoms with Crippen molar-refractivity contribution < 1.29 is 14.6 Å². The zero-order chi connectivity index (χ0) is 13.6. The van der Waals surface area contributed by atoms with Gasteiger partial charge >= 0.3 is 5.97 Å². The van der Waals surface area contributed by atoms with Crippen LogP contribution in [-0.4, -0.2) is 23.2 Å². The van der Waals surface area contributed by atoms with Gasteiger partial charge in [-0.05, 0) is 31.0 Å². The summed E-state index contributed by atoms with van der Waals surface area (Å²) in [6, 6.07) is 4.95. The number of benzene rings is 1. The molecule has 0 unspecified atom stereocenters. The van der Waals surface area contributed by atoms with Gasteiger partial charge in [0.15, 0.2) is 0 Å². The van der Waals surface area contributed by atoms with Crippen LogP contribution in [0.15, 0.2) is 18.2 Å². The Morgan fingerprint density at radius 2 is 2.16 bits per heavy atom. The van der Waals surface area contributed by atoms with E-state index in [1.807, 2.05) is 0 Å². The van der Waals surface area contributed by atoms with Crippen LogP contribution in [0.3, 0.4) is 0 Å². The zero-order valence-electron chi connectivity index (χ0n) is 10.3. The van der Waals surface area contributed by atoms with E-state index in [9.17, 15) is 9.90 Å². The maximum absolute atomic E-state index is 11.4. The predicted molar refractivity (Wildman–Crippen MR) is 72.2 cm³/mol. The molecule has 0 spiro atoms. The summed E-state index contributed by atoms with van der Waals surface area (Å²) in [5.41, 5.74) is 1.70. The molecule has 1 aliphatic carbocycles. The minimum absolute atomic E-state index is 0.252. The van der Waals surface area contributed by atoms with Gasteiger partial charge in [-0.2, -0.15) is 0 Å². The summed E-state index contributed by atoms with van der Waals surface area (Å²) in [5.74, 6) is -0.111. The molecular formula is C14H12ClNO3. The largest absolute Gasteiger partial charge is 0.495 e. The third-order valence-corrected chi connectivity index (χ3v) is 3.62. The first-order chi connectivity index (χ1) is 9.10. The van der Waals surface area contributed by atoms with Gasteiger partial charge < -0.3 is 9.84 Å². The van der Waals surface area contributed by atoms with Crippen LogP contribution in [0.25, 0.3) is 10.9 Å². The first-order valence-corrected chi connectivity index (χ1v) is 6.39. The molecule has 5 heteroatoms. The summed E-state index contributed by atoms with van der Waals surface area (Å²) in [6.07, 6.45) is 2.14. The minimum Gasteiger partial charge on any atom is -0.495 e. The number of halogens is 1. The van der Waals surface area contributed by atoms with Crippen molar-refractivity contribution in [1.29, 1.82) is 0 Å². The number of methoxy groups -OCH3 is 1. The van der Waals surface area contributed by atoms with E-state index in [1.165, 1.54) is 7.11 Å². The maximum atomic E-state index is 11.4. The number of hydrogen-bond acceptors (Lipinski definition) is 3. The summed E-state index contributed by atoms with van der Waals surface area (Å²) in [5, 5.41) is 10.3. The minimum atomic E-state index is -0.960. The van der Waals surface area contributed by atoms with Gasteiger partial charge in [0, 0.05) is 17.0 Å². The van der Waals surface area contributed by atoms with Crippen molar-refractivity contribution >= 4 is 28.5 Å². The Bertz CT molecular complexity index is 680. The Hall–Kier alpha value is -1.81. The molecule has 0 atom stereocenters. The van der Waals surface area contributed by atoms with Crippen molar-refractivity contribution in [3.8, 4) is 5.75 Å². The Kier molecular flexibility index (Phi) is 2.82. The fraction of sp³-hybridized carbons (Fsp3) is 0.286. The second kappa shape index (κ2) is 4.38. The number of carboxylic acid groups (broad SMARTS) is 1. The van der Waals surface area contributed by atoms with Crippen LogP contribution in [0.2, 0.25) is 5.02 Å². The van der Waals surface area contributed by atoms with Gasteiger partial charge in [-0.25, -0.2) is 4.79 Å². The Morgan fingerprint density at radius 3 is 2.74 bits per heavy atom. The molecule has 1 N–H and O–H groups in total. The van der Waals surface area contributed by atoms with E-state index in [2.05, 4.69) is 4.98 Å². The van der Waals surface area contributed by atoms with Gasteiger partial charge in [-0.1, -0.05) is 11.6 Å². The zero-order valence-corrected chi connectivity index (χ0v) is 11.1. The fourth-order valence-electron chi connectivity index (χ4n) is 2.17. The van der Waals surface area contributed by atoms with Crippen LogP contribution in [-0.2, 0) is 0 Å². The third-order valence-electron chi connectivity index (χ3n) is 3.33. The van der Waals surface area contributed by atoms with Crippen LogP contribution < -0.4 is 4.74 Å². The van der Waals surface area contributed by atoms with Crippen molar-refractivity contribution in [2.75, 3.05) is 7.11 Å². The topological polar surface area (TPSA) is 59.4 Å². The van der Waals surface area contributed by atoms with Gasteiger partial charge in [-0.3, -0.25) is 4.98 Å². The van der Waals surface area contributed by atoms with Crippen molar-refractivity contribution in [3.05, 3.63) is 34.5 Å². The standard InChI is InChI=1S/C14H12ClNO3/c1-19-13-5-8-9(14(17)18)4-11(7-2-3-7)16-12(8)6-10(13)15/h4-7H,2-3H2,1H3,(H,17,18). The average molecular weight is 278 g/mol. The predicted octanol–water partition coefficient (Wildman–Crippen LogP) is 3.47. The van der Waals surface area contributed by atoms with E-state index in [0.29, 0.717) is 27.6 Å². The number of fused-ring (bicyclic) bond motifs is 1. The Morgan fingerprint density at radius 1 is 1.42 bits per heavy atom. The highest BCUT2D eigenvalue weighted by molar-refractivity contribution is 6.33. The number of hydrogen-bond donors (Lipinski definition) is 1. The summed E-state index contributed by atoms with van der Waals surface area (Å²) in [4.78, 5) is 15.9. The van der Waals surface area contributed by atoms with Crippen LogP contribution in [0.1, 0.15) is 34.8 Å². The van der Waals surface area contributed by atoms with Crippen LogP contribution >= 0.6 is 11.6 Å². The molecule has 0 bridgehead atoms. The highest BCUT2D eigenvalue weighted by Gasteiger charge is 2.27. The lowest BCUT2D eigenvalue weighted by Crippen LogP contribution is -2.02. The number of aromatic carboxylic acids is 1. The quantitative estimate of drug-likeness (QED) is 0.933. The van der Waals surface area contributed by atoms with Gasteiger partial charge in [0.1, 0.15) is 5.75 Å². The maximum Gasteiger partial charge on any atom is 0.336 e. The second-order valence-electron chi connectivity index (χ2n) is 4.68. The van der Waals surface area contributed by atoms with E-state index in [4.69, 9.17) is 16.3 Å². The number of carboxylic acids is 1. The lowest BCUT2D eigenvalue weighted by atomic mass is 10.1. The van der Waals surface area contributed by atoms with E-state index >= 15 is 0 Å². The number of aromatic nitrogens is 1. The molecule has 1 heterocycles. The average Bonchev–Trinajstić information content (AvgIpc) is 3.20. The molecule has 0 saturated heterocycles. The highest BCUT2D eigenvalue weighted by Crippen LogP contribution is 2.41. The van der Waals surface area contributed by atoms with Gasteiger partial charge in [0.05, 0.1) is 23.2 Å². The first-order valence-electron chi connectivity index (χ1n) is 6.01. The van der Waals surface area contributed by atoms with Crippen molar-refractivity contribution in [1.82, 2.24) is 4.98 Å². The molecule has 19 heavy (non-hydrogen) atoms. The van der Waals surface area contributed by atoms with Gasteiger partial charge in [-0.15, -0.1) is 0 Å². The molecule has 1 aromatic carbocycles. The van der Waals surface area contributed by atoms with Crippen LogP contribution in [0.5, 0.6) is 5.75 Å². The van der Waals surface area contributed by atoms with Crippen LogP contribution in [0.4, 0.5) is 0 Å². The van der Waals surface area contributed by atoms with E-state index in [-0.39, 0.29) is 5.56 Å². The fourth-order valence-corrected chi connectivity index (χ4v) is 2.40. The molecule has 4 nitrogen and oxygen atoms in total. The van der Waals surface area contributed by atoms with Crippen molar-refractivity contribution in [3.63, 3.8) is 0 Å². The molecule has 1 saturated carbocycles. The number of carbonyl (C=O) groups is 1. The van der Waals surface area contributed by atoms with Crippen molar-refractivity contribution in [2.45, 2.75) is 18.8 Å². The molecule has 1 aliphatic rings. The number of pyridine rings is 1. The third kappa shape index (κ3) is 2.12. The molecule has 3 rings (SSSR count). The van der Waals surface area contributed by atoms with Crippen molar-refractivity contribution in [2.24, 2.45) is 0 Å². The second-order valence-corrected chi connectivity index (χ2v) is 5.09. The number of ether oxygens (including phenoxy) is 1. The van der Waals surface area contributed by atoms with E-state index < -0.39 is 5.97 Å². The molecule has 2 aromatic rings. The SMILES string of the molecule is COc1cc2c(C(=O)O)cc(C3CC3)nc2cc1Cl. The smallest absolute Gasteiger partial charge is 0.336 e. The molecule has 1 fully saturated rings. The summed E-state index contributed by atoms with van der Waals surface area (Å²) in [6.45, 7) is 0. The van der Waals surface area contributed by atoms with E-state index in [0.717, 1.165) is 18.5 Å². The number of nitrogens with zero attached hydrogens (tertiary/aromatic N) is 1. The summed E-state index contributed by atoms with van der Waals surface area (Å²) < 4.78 is 5.13. The highest BCUT2D eigenvalue weighted by atomic mass is 35.5. The molecule has 0 amide bonds. The molecule has 1 aromatic heterocycles. The van der Waals surface area contributed by atoms with Crippen LogP contribution in [0, 0.1) is 0 Å². The van der Waals surface area contributed by atoms with Gasteiger partial charge in [0.25, 0.3) is 0 Å². The van der Waals surface area contributed by atoms with E-state index in [1.54, 1.807) is 18.2 Å². The normalized spacial score (nSPS) is 14.6. The summed E-state index contributed by atoms with van der Waals surface area (Å²) in [7, 11) is 1.50. The number of rotatable bonds is 3. The summed E-state index contributed by atoms with van der Waals surface area (Å²) >= 11 is 6.07.